The predicted molar refractivity (Wildman–Crippen MR) is 48.9 cm³/mol. The maximum Gasteiger partial charge on any atom is 0.304 e. The third-order valence-corrected chi connectivity index (χ3v) is 3.63. The topological polar surface area (TPSA) is 83.5 Å². The molecule has 0 radical (unpaired) electrons. The van der Waals surface area contributed by atoms with Crippen LogP contribution in [-0.4, -0.2) is 30.8 Å². The zero-order valence-electron chi connectivity index (χ0n) is 7.99. The van der Waals surface area contributed by atoms with Crippen LogP contribution in [-0.2, 0) is 14.8 Å². The Hall–Kier alpha value is -0.620. The summed E-state index contributed by atoms with van der Waals surface area (Å²) in [6.07, 6.45) is -0.199. The zero-order chi connectivity index (χ0) is 10.7. The molecule has 0 heterocycles. The summed E-state index contributed by atoms with van der Waals surface area (Å²) in [5.74, 6) is -1.02. The van der Waals surface area contributed by atoms with E-state index in [9.17, 15) is 13.2 Å². The molecule has 0 aliphatic carbocycles. The second-order valence-corrected chi connectivity index (χ2v) is 6.17. The number of nitrogens with one attached hydrogen (secondary N) is 1. The van der Waals surface area contributed by atoms with E-state index < -0.39 is 20.7 Å². The molecule has 0 saturated carbocycles. The van der Waals surface area contributed by atoms with Gasteiger partial charge in [-0.1, -0.05) is 0 Å². The maximum absolute atomic E-state index is 11.3. The molecule has 6 heteroatoms. The molecule has 0 aromatic carbocycles. The number of sulfonamides is 1. The largest absolute Gasteiger partial charge is 0.481 e. The van der Waals surface area contributed by atoms with E-state index in [0.29, 0.717) is 0 Å². The van der Waals surface area contributed by atoms with E-state index in [0.717, 1.165) is 0 Å². The number of hydrogen-bond acceptors (Lipinski definition) is 3. The minimum absolute atomic E-state index is 0.0606. The summed E-state index contributed by atoms with van der Waals surface area (Å²) in [5, 5.41) is 8.28. The van der Waals surface area contributed by atoms with Gasteiger partial charge in [-0.2, -0.15) is 0 Å². The first-order chi connectivity index (χ1) is 5.67. The monoisotopic (exact) mass is 209 g/mol. The van der Waals surface area contributed by atoms with E-state index in [1.165, 1.54) is 0 Å². The van der Waals surface area contributed by atoms with E-state index in [-0.39, 0.29) is 13.0 Å². The van der Waals surface area contributed by atoms with Crippen LogP contribution in [0.4, 0.5) is 0 Å². The van der Waals surface area contributed by atoms with Gasteiger partial charge in [0.25, 0.3) is 0 Å². The van der Waals surface area contributed by atoms with Gasteiger partial charge in [-0.05, 0) is 20.8 Å². The van der Waals surface area contributed by atoms with Gasteiger partial charge >= 0.3 is 5.97 Å². The lowest BCUT2D eigenvalue weighted by molar-refractivity contribution is -0.136. The summed E-state index contributed by atoms with van der Waals surface area (Å²) in [6, 6.07) is 0. The molecule has 0 aliphatic heterocycles. The van der Waals surface area contributed by atoms with Crippen molar-refractivity contribution in [3.63, 3.8) is 0 Å². The van der Waals surface area contributed by atoms with Crippen molar-refractivity contribution < 1.29 is 18.3 Å². The normalized spacial score (nSPS) is 12.8. The van der Waals surface area contributed by atoms with Gasteiger partial charge < -0.3 is 5.11 Å². The molecule has 78 valence electrons. The standard InChI is InChI=1S/C7H15NO4S/c1-7(2,3)13(11,12)8-5-4-6(9)10/h8H,4-5H2,1-3H3,(H,9,10). The quantitative estimate of drug-likeness (QED) is 0.691. The summed E-state index contributed by atoms with van der Waals surface area (Å²) < 4.78 is 24.0. The lowest BCUT2D eigenvalue weighted by Gasteiger charge is -2.19. The third kappa shape index (κ3) is 4.23. The minimum atomic E-state index is -3.41. The highest BCUT2D eigenvalue weighted by Gasteiger charge is 2.28. The second-order valence-electron chi connectivity index (χ2n) is 3.65. The smallest absolute Gasteiger partial charge is 0.304 e. The van der Waals surface area contributed by atoms with Gasteiger partial charge in [0, 0.05) is 6.54 Å². The highest BCUT2D eigenvalue weighted by molar-refractivity contribution is 7.90. The fourth-order valence-electron chi connectivity index (χ4n) is 0.509. The van der Waals surface area contributed by atoms with Crippen molar-refractivity contribution in [2.75, 3.05) is 6.54 Å². The maximum atomic E-state index is 11.3. The van der Waals surface area contributed by atoms with Crippen LogP contribution >= 0.6 is 0 Å². The molecule has 0 atom stereocenters. The SMILES string of the molecule is CC(C)(C)S(=O)(=O)NCCC(=O)O. The van der Waals surface area contributed by atoms with Crippen LogP contribution in [0.1, 0.15) is 27.2 Å². The fourth-order valence-corrected chi connectivity index (χ4v) is 1.31. The average Bonchev–Trinajstić information content (AvgIpc) is 1.82. The molecule has 5 nitrogen and oxygen atoms in total. The Kier molecular flexibility index (Phi) is 3.87. The Morgan fingerprint density at radius 2 is 1.85 bits per heavy atom. The van der Waals surface area contributed by atoms with Crippen LogP contribution in [0.5, 0.6) is 0 Å². The number of aliphatic carboxylic acids is 1. The summed E-state index contributed by atoms with van der Waals surface area (Å²) in [6.45, 7) is 4.59. The lowest BCUT2D eigenvalue weighted by atomic mass is 10.3. The summed E-state index contributed by atoms with van der Waals surface area (Å²) in [4.78, 5) is 10.1. The van der Waals surface area contributed by atoms with Crippen LogP contribution in [0.3, 0.4) is 0 Å². The molecule has 0 fully saturated rings. The van der Waals surface area contributed by atoms with Crippen LogP contribution in [0.2, 0.25) is 0 Å². The Bertz CT molecular complexity index is 275. The van der Waals surface area contributed by atoms with Gasteiger partial charge in [0.15, 0.2) is 0 Å². The molecule has 13 heavy (non-hydrogen) atoms. The van der Waals surface area contributed by atoms with Crippen molar-refractivity contribution in [3.05, 3.63) is 0 Å². The second kappa shape index (κ2) is 4.06. The van der Waals surface area contributed by atoms with Crippen molar-refractivity contribution in [1.29, 1.82) is 0 Å². The number of carboxylic acids is 1. The van der Waals surface area contributed by atoms with Crippen LogP contribution in [0, 0.1) is 0 Å². The van der Waals surface area contributed by atoms with Gasteiger partial charge in [-0.3, -0.25) is 4.79 Å². The Labute approximate surface area is 78.2 Å². The molecule has 0 unspecified atom stereocenters. The summed E-state index contributed by atoms with van der Waals surface area (Å²) in [7, 11) is -3.41. The number of carboxylic acid groups (broad SMARTS) is 1. The van der Waals surface area contributed by atoms with Crippen molar-refractivity contribution in [1.82, 2.24) is 4.72 Å². The molecule has 0 amide bonds. The first-order valence-corrected chi connectivity index (χ1v) is 5.36. The molecule has 0 aromatic heterocycles. The van der Waals surface area contributed by atoms with Crippen molar-refractivity contribution in [2.45, 2.75) is 31.9 Å². The first kappa shape index (κ1) is 12.4. The van der Waals surface area contributed by atoms with E-state index in [4.69, 9.17) is 5.11 Å². The van der Waals surface area contributed by atoms with Crippen molar-refractivity contribution >= 4 is 16.0 Å². The van der Waals surface area contributed by atoms with E-state index in [1.54, 1.807) is 20.8 Å². The highest BCUT2D eigenvalue weighted by Crippen LogP contribution is 2.12. The van der Waals surface area contributed by atoms with E-state index in [1.807, 2.05) is 0 Å². The Balaban J connectivity index is 4.15. The fraction of sp³-hybridized carbons (Fsp3) is 0.857. The predicted octanol–water partition coefficient (Wildman–Crippen LogP) is 0.179. The zero-order valence-corrected chi connectivity index (χ0v) is 8.81. The van der Waals surface area contributed by atoms with Crippen LogP contribution < -0.4 is 4.72 Å². The third-order valence-electron chi connectivity index (χ3n) is 1.44. The molecular formula is C7H15NO4S. The van der Waals surface area contributed by atoms with Gasteiger partial charge in [-0.25, -0.2) is 13.1 Å². The van der Waals surface area contributed by atoms with Gasteiger partial charge in [0.2, 0.25) is 10.0 Å². The number of carbonyl (C=O) groups is 1. The first-order valence-electron chi connectivity index (χ1n) is 3.88. The Morgan fingerprint density at radius 1 is 1.38 bits per heavy atom. The molecule has 0 aliphatic rings. The Morgan fingerprint density at radius 3 is 2.15 bits per heavy atom. The number of rotatable bonds is 4. The highest BCUT2D eigenvalue weighted by atomic mass is 32.2. The van der Waals surface area contributed by atoms with Crippen molar-refractivity contribution in [3.8, 4) is 0 Å². The molecule has 0 saturated heterocycles. The number of hydrogen-bond donors (Lipinski definition) is 2. The summed E-state index contributed by atoms with van der Waals surface area (Å²) in [5.41, 5.74) is 0. The lowest BCUT2D eigenvalue weighted by Crippen LogP contribution is -2.40. The van der Waals surface area contributed by atoms with Gasteiger partial charge in [0.05, 0.1) is 11.2 Å². The van der Waals surface area contributed by atoms with Gasteiger partial charge in [0.1, 0.15) is 0 Å². The molecule has 0 rings (SSSR count). The molecule has 2 N–H and O–H groups in total. The van der Waals surface area contributed by atoms with E-state index in [2.05, 4.69) is 4.72 Å². The molecule has 0 spiro atoms. The minimum Gasteiger partial charge on any atom is -0.481 e. The van der Waals surface area contributed by atoms with Gasteiger partial charge in [-0.15, -0.1) is 0 Å². The molecule has 0 aromatic rings. The van der Waals surface area contributed by atoms with Crippen LogP contribution in [0.25, 0.3) is 0 Å². The average molecular weight is 209 g/mol. The molecular weight excluding hydrogens is 194 g/mol. The molecule has 0 bridgehead atoms. The van der Waals surface area contributed by atoms with Crippen LogP contribution in [0.15, 0.2) is 0 Å². The summed E-state index contributed by atoms with van der Waals surface area (Å²) >= 11 is 0. The van der Waals surface area contributed by atoms with E-state index >= 15 is 0 Å². The van der Waals surface area contributed by atoms with Crippen molar-refractivity contribution in [2.24, 2.45) is 0 Å².